The maximum atomic E-state index is 6.47. The van der Waals surface area contributed by atoms with Gasteiger partial charge in [-0.2, -0.15) is 0 Å². The normalized spacial score (nSPS) is 11.3. The lowest BCUT2D eigenvalue weighted by atomic mass is 9.94. The predicted octanol–water partition coefficient (Wildman–Crippen LogP) is 16.5. The van der Waals surface area contributed by atoms with Crippen LogP contribution in [0.15, 0.2) is 241 Å². The third-order valence-corrected chi connectivity index (χ3v) is 11.7. The van der Waals surface area contributed by atoms with Gasteiger partial charge in [0.25, 0.3) is 0 Å². The fraction of sp³-hybridized carbons (Fsp3) is 0. The molecule has 0 unspecified atom stereocenters. The van der Waals surface area contributed by atoms with Gasteiger partial charge in [0.2, 0.25) is 0 Å². The van der Waals surface area contributed by atoms with Crippen LogP contribution in [0.25, 0.3) is 88.3 Å². The number of fused-ring (bicyclic) bond motifs is 4. The van der Waals surface area contributed by atoms with Crippen molar-refractivity contribution in [2.24, 2.45) is 0 Å². The van der Waals surface area contributed by atoms with Gasteiger partial charge in [-0.1, -0.05) is 200 Å². The molecule has 0 amide bonds. The highest BCUT2D eigenvalue weighted by molar-refractivity contribution is 6.09. The summed E-state index contributed by atoms with van der Waals surface area (Å²) in [7, 11) is 0. The van der Waals surface area contributed by atoms with Gasteiger partial charge in [-0.25, -0.2) is 0 Å². The van der Waals surface area contributed by atoms with E-state index in [9.17, 15) is 0 Å². The minimum atomic E-state index is 0.901. The molecule has 0 radical (unpaired) electrons. The number of benzene rings is 10. The highest BCUT2D eigenvalue weighted by Crippen LogP contribution is 2.45. The van der Waals surface area contributed by atoms with E-state index in [1.165, 1.54) is 38.6 Å². The van der Waals surface area contributed by atoms with E-state index in [-0.39, 0.29) is 0 Å². The Balaban J connectivity index is 1.06. The van der Waals surface area contributed by atoms with Crippen LogP contribution < -0.4 is 4.90 Å². The molecule has 1 heterocycles. The molecule has 0 atom stereocenters. The molecule has 2 nitrogen and oxygen atoms in total. The average Bonchev–Trinajstić information content (AvgIpc) is 3.72. The average molecular weight is 766 g/mol. The molecule has 0 aliphatic rings. The van der Waals surface area contributed by atoms with E-state index in [1.54, 1.807) is 0 Å². The summed E-state index contributed by atoms with van der Waals surface area (Å²) in [5.41, 5.74) is 16.7. The van der Waals surface area contributed by atoms with E-state index in [2.05, 4.69) is 229 Å². The smallest absolute Gasteiger partial charge is 0.143 e. The van der Waals surface area contributed by atoms with Gasteiger partial charge < -0.3 is 9.32 Å². The largest absolute Gasteiger partial charge is 0.455 e. The number of hydrogen-bond acceptors (Lipinski definition) is 2. The summed E-state index contributed by atoms with van der Waals surface area (Å²) >= 11 is 0. The third kappa shape index (κ3) is 6.41. The zero-order valence-electron chi connectivity index (χ0n) is 32.9. The Labute approximate surface area is 349 Å². The molecule has 0 aliphatic carbocycles. The standard InChI is InChI=1S/C58H39NO/c1-3-13-40(14-4-1)41-25-27-42(28-26-41)43-29-34-48(35-30-43)59(49-36-31-46(32-37-49)53-22-12-23-55-54-20-9-10-24-57(54)60-58(53)55)56-39-47(33-38-52(56)45-15-5-2-6-16-45)51-21-11-18-44-17-7-8-19-50(44)51/h1-39H. The summed E-state index contributed by atoms with van der Waals surface area (Å²) in [6, 6.07) is 84.9. The number of rotatable bonds is 8. The number of furan rings is 1. The Morgan fingerprint density at radius 2 is 0.750 bits per heavy atom. The second kappa shape index (κ2) is 15.1. The van der Waals surface area contributed by atoms with Gasteiger partial charge in [0.05, 0.1) is 5.69 Å². The van der Waals surface area contributed by atoms with Crippen molar-refractivity contribution in [2.45, 2.75) is 0 Å². The van der Waals surface area contributed by atoms with Gasteiger partial charge in [0.15, 0.2) is 0 Å². The predicted molar refractivity (Wildman–Crippen MR) is 253 cm³/mol. The molecule has 0 bridgehead atoms. The van der Waals surface area contributed by atoms with Gasteiger partial charge in [0.1, 0.15) is 11.2 Å². The van der Waals surface area contributed by atoms with Crippen LogP contribution >= 0.6 is 0 Å². The van der Waals surface area contributed by atoms with E-state index in [0.29, 0.717) is 0 Å². The number of para-hydroxylation sites is 2. The lowest BCUT2D eigenvalue weighted by molar-refractivity contribution is 0.670. The Morgan fingerprint density at radius 1 is 0.283 bits per heavy atom. The Kier molecular flexibility index (Phi) is 8.87. The Bertz CT molecular complexity index is 3270. The molecular formula is C58H39NO. The second-order valence-electron chi connectivity index (χ2n) is 15.3. The maximum absolute atomic E-state index is 6.47. The summed E-state index contributed by atoms with van der Waals surface area (Å²) in [4.78, 5) is 2.41. The van der Waals surface area contributed by atoms with Crippen LogP contribution in [0.2, 0.25) is 0 Å². The van der Waals surface area contributed by atoms with E-state index in [0.717, 1.165) is 66.8 Å². The summed E-state index contributed by atoms with van der Waals surface area (Å²) in [5.74, 6) is 0. The lowest BCUT2D eigenvalue weighted by Gasteiger charge is -2.29. The highest BCUT2D eigenvalue weighted by Gasteiger charge is 2.20. The van der Waals surface area contributed by atoms with Crippen LogP contribution in [-0.4, -0.2) is 0 Å². The molecule has 10 aromatic carbocycles. The van der Waals surface area contributed by atoms with Crippen molar-refractivity contribution in [1.82, 2.24) is 0 Å². The minimum Gasteiger partial charge on any atom is -0.455 e. The molecule has 60 heavy (non-hydrogen) atoms. The van der Waals surface area contributed by atoms with Crippen molar-refractivity contribution in [3.63, 3.8) is 0 Å². The van der Waals surface area contributed by atoms with Crippen molar-refractivity contribution in [3.05, 3.63) is 237 Å². The van der Waals surface area contributed by atoms with E-state index in [1.807, 2.05) is 12.1 Å². The van der Waals surface area contributed by atoms with Crippen LogP contribution in [0, 0.1) is 0 Å². The van der Waals surface area contributed by atoms with E-state index < -0.39 is 0 Å². The SMILES string of the molecule is c1ccc(-c2ccc(-c3ccc(N(c4ccc(-c5cccc6c5oc5ccccc56)cc4)c4cc(-c5cccc6ccccc56)ccc4-c4ccccc4)cc3)cc2)cc1. The first-order valence-corrected chi connectivity index (χ1v) is 20.5. The summed E-state index contributed by atoms with van der Waals surface area (Å²) in [6.07, 6.45) is 0. The summed E-state index contributed by atoms with van der Waals surface area (Å²) in [5, 5.41) is 4.72. The van der Waals surface area contributed by atoms with Crippen molar-refractivity contribution < 1.29 is 4.42 Å². The quantitative estimate of drug-likeness (QED) is 0.153. The Morgan fingerprint density at radius 3 is 1.45 bits per heavy atom. The summed E-state index contributed by atoms with van der Waals surface area (Å²) < 4.78 is 6.47. The van der Waals surface area contributed by atoms with Gasteiger partial charge in [-0.3, -0.25) is 0 Å². The molecule has 0 saturated carbocycles. The van der Waals surface area contributed by atoms with Crippen molar-refractivity contribution >= 4 is 49.8 Å². The molecule has 11 rings (SSSR count). The van der Waals surface area contributed by atoms with Gasteiger partial charge >= 0.3 is 0 Å². The van der Waals surface area contributed by atoms with Crippen LogP contribution in [0.1, 0.15) is 0 Å². The van der Waals surface area contributed by atoms with E-state index >= 15 is 0 Å². The van der Waals surface area contributed by atoms with Gasteiger partial charge in [-0.15, -0.1) is 0 Å². The fourth-order valence-electron chi connectivity index (χ4n) is 8.70. The van der Waals surface area contributed by atoms with Gasteiger partial charge in [0, 0.05) is 33.3 Å². The van der Waals surface area contributed by atoms with Crippen LogP contribution in [0.5, 0.6) is 0 Å². The molecule has 0 aliphatic heterocycles. The van der Waals surface area contributed by atoms with E-state index in [4.69, 9.17) is 4.42 Å². The second-order valence-corrected chi connectivity index (χ2v) is 15.3. The minimum absolute atomic E-state index is 0.901. The molecule has 282 valence electrons. The molecule has 1 aromatic heterocycles. The molecule has 0 spiro atoms. The maximum Gasteiger partial charge on any atom is 0.143 e. The first kappa shape index (κ1) is 35.2. The molecule has 2 heteroatoms. The van der Waals surface area contributed by atoms with Crippen LogP contribution in [-0.2, 0) is 0 Å². The molecule has 11 aromatic rings. The molecular weight excluding hydrogens is 727 g/mol. The number of hydrogen-bond donors (Lipinski definition) is 0. The molecule has 0 saturated heterocycles. The zero-order chi connectivity index (χ0) is 39.8. The molecule has 0 fully saturated rings. The topological polar surface area (TPSA) is 16.4 Å². The monoisotopic (exact) mass is 765 g/mol. The fourth-order valence-corrected chi connectivity index (χ4v) is 8.70. The first-order valence-electron chi connectivity index (χ1n) is 20.5. The Hall–Kier alpha value is -7.94. The van der Waals surface area contributed by atoms with Crippen LogP contribution in [0.4, 0.5) is 17.1 Å². The zero-order valence-corrected chi connectivity index (χ0v) is 32.9. The molecule has 0 N–H and O–H groups in total. The van der Waals surface area contributed by atoms with Gasteiger partial charge in [-0.05, 0) is 91.7 Å². The highest BCUT2D eigenvalue weighted by atomic mass is 16.3. The van der Waals surface area contributed by atoms with Crippen molar-refractivity contribution in [1.29, 1.82) is 0 Å². The number of nitrogens with zero attached hydrogens (tertiary/aromatic N) is 1. The number of anilines is 3. The first-order chi connectivity index (χ1) is 29.7. The summed E-state index contributed by atoms with van der Waals surface area (Å²) in [6.45, 7) is 0. The lowest BCUT2D eigenvalue weighted by Crippen LogP contribution is -2.11. The van der Waals surface area contributed by atoms with Crippen molar-refractivity contribution in [3.8, 4) is 55.6 Å². The van der Waals surface area contributed by atoms with Crippen LogP contribution in [0.3, 0.4) is 0 Å². The van der Waals surface area contributed by atoms with Crippen molar-refractivity contribution in [2.75, 3.05) is 4.90 Å². The third-order valence-electron chi connectivity index (χ3n) is 11.7.